The molecule has 1 N–H and O–H groups in total. The normalized spacial score (nSPS) is 12.5. The number of benzene rings is 2. The van der Waals surface area contributed by atoms with Gasteiger partial charge in [0.1, 0.15) is 0 Å². The second-order valence-electron chi connectivity index (χ2n) is 5.01. The van der Waals surface area contributed by atoms with Crippen molar-refractivity contribution >= 4 is 29.0 Å². The van der Waals surface area contributed by atoms with Gasteiger partial charge in [0.2, 0.25) is 5.91 Å². The molecule has 0 atom stereocenters. The van der Waals surface area contributed by atoms with Gasteiger partial charge in [-0.2, -0.15) is 0 Å². The number of hydrogen-bond donors (Lipinski definition) is 1. The van der Waals surface area contributed by atoms with Gasteiger partial charge in [-0.25, -0.2) is 0 Å². The zero-order valence-corrected chi connectivity index (χ0v) is 12.8. The maximum Gasteiger partial charge on any atom is 0.238 e. The third-order valence-electron chi connectivity index (χ3n) is 3.43. The predicted octanol–water partition coefficient (Wildman–Crippen LogP) is 4.51. The van der Waals surface area contributed by atoms with Crippen LogP contribution >= 0.6 is 11.8 Å². The van der Waals surface area contributed by atoms with Crippen molar-refractivity contribution in [1.82, 2.24) is 5.43 Å². The fourth-order valence-corrected chi connectivity index (χ4v) is 3.40. The predicted molar refractivity (Wildman–Crippen MR) is 86.8 cm³/mol. The highest BCUT2D eigenvalue weighted by Crippen LogP contribution is 2.46. The van der Waals surface area contributed by atoms with E-state index in [-0.39, 0.29) is 5.91 Å². The molecule has 0 unspecified atom stereocenters. The number of anilines is 2. The van der Waals surface area contributed by atoms with E-state index < -0.39 is 0 Å². The lowest BCUT2D eigenvalue weighted by atomic mass is 10.2. The van der Waals surface area contributed by atoms with E-state index in [0.717, 1.165) is 34.0 Å². The Balaban J connectivity index is 1.93. The van der Waals surface area contributed by atoms with Crippen LogP contribution in [0.3, 0.4) is 0 Å². The van der Waals surface area contributed by atoms with Gasteiger partial charge < -0.3 is 0 Å². The van der Waals surface area contributed by atoms with Gasteiger partial charge in [-0.1, -0.05) is 49.4 Å². The third kappa shape index (κ3) is 2.90. The van der Waals surface area contributed by atoms with Crippen molar-refractivity contribution in [1.29, 1.82) is 0 Å². The van der Waals surface area contributed by atoms with Crippen molar-refractivity contribution in [2.24, 2.45) is 0 Å². The molecular formula is C17H18N2OS. The molecular weight excluding hydrogens is 280 g/mol. The van der Waals surface area contributed by atoms with E-state index >= 15 is 0 Å². The van der Waals surface area contributed by atoms with Crippen LogP contribution in [-0.4, -0.2) is 5.91 Å². The van der Waals surface area contributed by atoms with Gasteiger partial charge in [0.05, 0.1) is 11.4 Å². The molecule has 0 aliphatic carbocycles. The Hall–Kier alpha value is -1.94. The summed E-state index contributed by atoms with van der Waals surface area (Å²) < 4.78 is 0. The molecule has 4 heteroatoms. The molecule has 1 heterocycles. The highest BCUT2D eigenvalue weighted by molar-refractivity contribution is 7.99. The molecule has 1 aliphatic rings. The average molecular weight is 298 g/mol. The van der Waals surface area contributed by atoms with Crippen LogP contribution in [0.25, 0.3) is 0 Å². The van der Waals surface area contributed by atoms with Crippen molar-refractivity contribution in [3.05, 3.63) is 48.5 Å². The van der Waals surface area contributed by atoms with Crippen LogP contribution in [0.5, 0.6) is 0 Å². The Bertz CT molecular complexity index is 611. The molecule has 0 spiro atoms. The Morgan fingerprint density at radius 1 is 1.05 bits per heavy atom. The first-order chi connectivity index (χ1) is 10.3. The molecule has 1 aliphatic heterocycles. The minimum atomic E-state index is 0.0633. The van der Waals surface area contributed by atoms with Gasteiger partial charge >= 0.3 is 0 Å². The maximum absolute atomic E-state index is 12.1. The number of fused-ring (bicyclic) bond motifs is 2. The summed E-state index contributed by atoms with van der Waals surface area (Å²) in [5, 5.41) is 1.92. The van der Waals surface area contributed by atoms with E-state index in [4.69, 9.17) is 0 Å². The van der Waals surface area contributed by atoms with Crippen LogP contribution in [0.4, 0.5) is 11.4 Å². The lowest BCUT2D eigenvalue weighted by Gasteiger charge is -2.32. The summed E-state index contributed by atoms with van der Waals surface area (Å²) in [6.07, 6.45) is 2.50. The number of rotatable bonds is 4. The Kier molecular flexibility index (Phi) is 4.15. The SMILES string of the molecule is CCCCC(=O)NN1c2ccccc2Sc2ccccc21. The van der Waals surface area contributed by atoms with Gasteiger partial charge in [-0.15, -0.1) is 0 Å². The lowest BCUT2D eigenvalue weighted by Crippen LogP contribution is -2.40. The van der Waals surface area contributed by atoms with E-state index in [9.17, 15) is 4.79 Å². The van der Waals surface area contributed by atoms with E-state index in [2.05, 4.69) is 24.5 Å². The molecule has 2 aromatic rings. The fraction of sp³-hybridized carbons (Fsp3) is 0.235. The largest absolute Gasteiger partial charge is 0.273 e. The molecule has 0 radical (unpaired) electrons. The number of nitrogens with zero attached hydrogens (tertiary/aromatic N) is 1. The molecule has 108 valence electrons. The van der Waals surface area contributed by atoms with Crippen molar-refractivity contribution in [3.8, 4) is 0 Å². The minimum absolute atomic E-state index is 0.0633. The third-order valence-corrected chi connectivity index (χ3v) is 4.56. The molecule has 3 rings (SSSR count). The number of hydrogen-bond acceptors (Lipinski definition) is 3. The van der Waals surface area contributed by atoms with Crippen molar-refractivity contribution in [2.45, 2.75) is 36.0 Å². The fourth-order valence-electron chi connectivity index (χ4n) is 2.34. The van der Waals surface area contributed by atoms with Crippen molar-refractivity contribution < 1.29 is 4.79 Å². The first kappa shape index (κ1) is 14.0. The summed E-state index contributed by atoms with van der Waals surface area (Å²) in [6, 6.07) is 16.3. The second kappa shape index (κ2) is 6.22. The number of para-hydroxylation sites is 2. The van der Waals surface area contributed by atoms with Crippen LogP contribution in [0, 0.1) is 0 Å². The molecule has 0 aromatic heterocycles. The second-order valence-corrected chi connectivity index (χ2v) is 6.10. The summed E-state index contributed by atoms with van der Waals surface area (Å²) >= 11 is 1.74. The van der Waals surface area contributed by atoms with Gasteiger partial charge in [0.25, 0.3) is 0 Å². The number of carbonyl (C=O) groups is 1. The molecule has 0 bridgehead atoms. The monoisotopic (exact) mass is 298 g/mol. The van der Waals surface area contributed by atoms with Gasteiger partial charge in [-0.05, 0) is 30.7 Å². The van der Waals surface area contributed by atoms with Crippen LogP contribution in [0.1, 0.15) is 26.2 Å². The van der Waals surface area contributed by atoms with Crippen molar-refractivity contribution in [3.63, 3.8) is 0 Å². The Labute approximate surface area is 129 Å². The summed E-state index contributed by atoms with van der Waals surface area (Å²) in [7, 11) is 0. The van der Waals surface area contributed by atoms with Crippen LogP contribution in [-0.2, 0) is 4.79 Å². The number of carbonyl (C=O) groups excluding carboxylic acids is 1. The summed E-state index contributed by atoms with van der Waals surface area (Å²) in [4.78, 5) is 14.4. The van der Waals surface area contributed by atoms with E-state index in [1.165, 1.54) is 0 Å². The summed E-state index contributed by atoms with van der Waals surface area (Å²) in [5.41, 5.74) is 5.11. The zero-order valence-electron chi connectivity index (χ0n) is 12.0. The molecule has 1 amide bonds. The smallest absolute Gasteiger partial charge is 0.238 e. The Morgan fingerprint density at radius 3 is 2.19 bits per heavy atom. The highest BCUT2D eigenvalue weighted by atomic mass is 32.2. The van der Waals surface area contributed by atoms with Gasteiger partial charge in [0, 0.05) is 16.2 Å². The maximum atomic E-state index is 12.1. The van der Waals surface area contributed by atoms with E-state index in [1.54, 1.807) is 11.8 Å². The number of unbranched alkanes of at least 4 members (excludes halogenated alkanes) is 1. The molecule has 0 saturated carbocycles. The topological polar surface area (TPSA) is 32.3 Å². The first-order valence-electron chi connectivity index (χ1n) is 7.25. The molecule has 21 heavy (non-hydrogen) atoms. The van der Waals surface area contributed by atoms with Crippen LogP contribution < -0.4 is 10.4 Å². The quantitative estimate of drug-likeness (QED) is 0.901. The molecule has 0 saturated heterocycles. The highest BCUT2D eigenvalue weighted by Gasteiger charge is 2.23. The Morgan fingerprint density at radius 2 is 1.62 bits per heavy atom. The minimum Gasteiger partial charge on any atom is -0.273 e. The zero-order chi connectivity index (χ0) is 14.7. The van der Waals surface area contributed by atoms with Gasteiger partial charge in [0.15, 0.2) is 0 Å². The van der Waals surface area contributed by atoms with Crippen LogP contribution in [0.2, 0.25) is 0 Å². The number of amides is 1. The standard InChI is InChI=1S/C17H18N2OS/c1-2-3-12-17(20)18-19-13-8-4-6-10-15(13)21-16-11-7-5-9-14(16)19/h4-11H,2-3,12H2,1H3,(H,18,20). The lowest BCUT2D eigenvalue weighted by molar-refractivity contribution is -0.121. The number of nitrogens with one attached hydrogen (secondary N) is 1. The van der Waals surface area contributed by atoms with Gasteiger partial charge in [-0.3, -0.25) is 15.2 Å². The first-order valence-corrected chi connectivity index (χ1v) is 8.07. The van der Waals surface area contributed by atoms with Crippen LogP contribution in [0.15, 0.2) is 58.3 Å². The van der Waals surface area contributed by atoms with E-state index in [1.807, 2.05) is 41.4 Å². The molecule has 2 aromatic carbocycles. The average Bonchev–Trinajstić information content (AvgIpc) is 2.52. The van der Waals surface area contributed by atoms with Crippen molar-refractivity contribution in [2.75, 3.05) is 5.01 Å². The summed E-state index contributed by atoms with van der Waals surface area (Å²) in [5.74, 6) is 0.0633. The molecule has 0 fully saturated rings. The van der Waals surface area contributed by atoms with E-state index in [0.29, 0.717) is 6.42 Å². The number of hydrazine groups is 1. The summed E-state index contributed by atoms with van der Waals surface area (Å²) in [6.45, 7) is 2.09. The molecule has 3 nitrogen and oxygen atoms in total.